The van der Waals surface area contributed by atoms with Gasteiger partial charge in [-0.05, 0) is 53.5 Å². The molecular formula is C26H27N2OP. The fourth-order valence-corrected chi connectivity index (χ4v) is 4.30. The molecule has 0 bridgehead atoms. The number of carbonyl (C=O) groups excluding carboxylic acids is 1. The minimum atomic E-state index is 0.0266. The van der Waals surface area contributed by atoms with E-state index >= 15 is 0 Å². The third-order valence-corrected chi connectivity index (χ3v) is 6.09. The molecule has 0 saturated carbocycles. The minimum absolute atomic E-state index is 0.0266. The summed E-state index contributed by atoms with van der Waals surface area (Å²) >= 11 is 0. The van der Waals surface area contributed by atoms with Crippen LogP contribution < -0.4 is 10.2 Å². The summed E-state index contributed by atoms with van der Waals surface area (Å²) in [6, 6.07) is 18.4. The summed E-state index contributed by atoms with van der Waals surface area (Å²) in [5.41, 5.74) is 6.21. The maximum absolute atomic E-state index is 13.6. The molecule has 0 saturated heterocycles. The highest BCUT2D eigenvalue weighted by molar-refractivity contribution is 7.27. The summed E-state index contributed by atoms with van der Waals surface area (Å²) in [4.78, 5) is 15.5. The van der Waals surface area contributed by atoms with E-state index in [0.29, 0.717) is 6.54 Å². The highest BCUT2D eigenvalue weighted by Gasteiger charge is 2.25. The lowest BCUT2D eigenvalue weighted by Gasteiger charge is -2.24. The number of para-hydroxylation sites is 1. The van der Waals surface area contributed by atoms with Gasteiger partial charge in [-0.3, -0.25) is 4.79 Å². The van der Waals surface area contributed by atoms with Crippen molar-refractivity contribution in [2.75, 3.05) is 4.90 Å². The molecule has 2 aromatic carbocycles. The van der Waals surface area contributed by atoms with Crippen LogP contribution in [-0.2, 0) is 13.1 Å². The Kier molecular flexibility index (Phi) is 5.74. The van der Waals surface area contributed by atoms with Crippen molar-refractivity contribution in [3.63, 3.8) is 0 Å². The number of allylic oxidation sites excluding steroid dienone is 3. The lowest BCUT2D eigenvalue weighted by molar-refractivity contribution is 0.0986. The summed E-state index contributed by atoms with van der Waals surface area (Å²) in [6.45, 7) is 9.40. The molecule has 0 spiro atoms. The first kappa shape index (κ1) is 20.4. The van der Waals surface area contributed by atoms with Gasteiger partial charge in [0.25, 0.3) is 5.91 Å². The van der Waals surface area contributed by atoms with E-state index in [-0.39, 0.29) is 11.8 Å². The molecule has 2 heterocycles. The minimum Gasteiger partial charge on any atom is -0.345 e. The summed E-state index contributed by atoms with van der Waals surface area (Å²) < 4.78 is 2.21. The van der Waals surface area contributed by atoms with Crippen LogP contribution in [0.25, 0.3) is 0 Å². The van der Waals surface area contributed by atoms with E-state index in [0.717, 1.165) is 39.9 Å². The van der Waals surface area contributed by atoms with Crippen LogP contribution in [-0.4, -0.2) is 10.5 Å². The highest BCUT2D eigenvalue weighted by Crippen LogP contribution is 2.29. The van der Waals surface area contributed by atoms with Crippen LogP contribution in [0.1, 0.15) is 46.9 Å². The fourth-order valence-electron chi connectivity index (χ4n) is 3.89. The molecule has 1 aliphatic heterocycles. The van der Waals surface area contributed by atoms with Gasteiger partial charge in [0.15, 0.2) is 0 Å². The van der Waals surface area contributed by atoms with E-state index in [9.17, 15) is 4.79 Å². The van der Waals surface area contributed by atoms with Crippen molar-refractivity contribution < 1.29 is 4.79 Å². The smallest absolute Gasteiger partial charge is 0.259 e. The number of hydrogen-bond donors (Lipinski definition) is 0. The molecule has 3 nitrogen and oxygen atoms in total. The van der Waals surface area contributed by atoms with E-state index in [2.05, 4.69) is 63.8 Å². The zero-order valence-electron chi connectivity index (χ0n) is 17.5. The quantitative estimate of drug-likeness (QED) is 0.413. The first-order valence-corrected chi connectivity index (χ1v) is 10.8. The lowest BCUT2D eigenvalue weighted by atomic mass is 9.98. The van der Waals surface area contributed by atoms with Gasteiger partial charge >= 0.3 is 0 Å². The predicted octanol–water partition coefficient (Wildman–Crippen LogP) is 5.43. The number of amides is 1. The monoisotopic (exact) mass is 414 g/mol. The molecule has 2 atom stereocenters. The van der Waals surface area contributed by atoms with E-state index in [1.54, 1.807) is 0 Å². The van der Waals surface area contributed by atoms with E-state index in [1.165, 1.54) is 5.56 Å². The van der Waals surface area contributed by atoms with Crippen molar-refractivity contribution in [1.29, 1.82) is 0 Å². The van der Waals surface area contributed by atoms with Crippen LogP contribution in [0.15, 0.2) is 85.1 Å². The summed E-state index contributed by atoms with van der Waals surface area (Å²) in [7, 11) is 2.75. The third-order valence-electron chi connectivity index (χ3n) is 5.61. The summed E-state index contributed by atoms with van der Waals surface area (Å²) in [5.74, 6) is 0.283. The molecule has 1 amide bonds. The van der Waals surface area contributed by atoms with Crippen molar-refractivity contribution in [2.24, 2.45) is 0 Å². The van der Waals surface area contributed by atoms with Crippen LogP contribution in [0.2, 0.25) is 0 Å². The molecule has 4 heteroatoms. The second-order valence-corrected chi connectivity index (χ2v) is 8.61. The zero-order chi connectivity index (χ0) is 21.3. The largest absolute Gasteiger partial charge is 0.345 e. The number of anilines is 1. The van der Waals surface area contributed by atoms with Gasteiger partial charge in [0, 0.05) is 29.7 Å². The van der Waals surface area contributed by atoms with Crippen molar-refractivity contribution in [1.82, 2.24) is 4.57 Å². The molecule has 3 aromatic rings. The Bertz CT molecular complexity index is 1140. The van der Waals surface area contributed by atoms with Crippen LogP contribution in [0.4, 0.5) is 5.69 Å². The highest BCUT2D eigenvalue weighted by atomic mass is 31.0. The molecule has 152 valence electrons. The van der Waals surface area contributed by atoms with Crippen molar-refractivity contribution >= 4 is 26.1 Å². The molecule has 0 aliphatic carbocycles. The normalized spacial score (nSPS) is 14.2. The van der Waals surface area contributed by atoms with Gasteiger partial charge in [-0.1, -0.05) is 61.6 Å². The van der Waals surface area contributed by atoms with Gasteiger partial charge in [0.1, 0.15) is 0 Å². The van der Waals surface area contributed by atoms with E-state index < -0.39 is 0 Å². The molecule has 30 heavy (non-hydrogen) atoms. The van der Waals surface area contributed by atoms with Crippen molar-refractivity contribution in [2.45, 2.75) is 32.9 Å². The topological polar surface area (TPSA) is 25.2 Å². The van der Waals surface area contributed by atoms with Crippen LogP contribution in [0.5, 0.6) is 0 Å². The number of benzene rings is 2. The Balaban J connectivity index is 1.68. The number of hydrogen-bond acceptors (Lipinski definition) is 1. The molecule has 1 aromatic heterocycles. The number of fused-ring (bicyclic) bond motifs is 2. The predicted molar refractivity (Wildman–Crippen MR) is 129 cm³/mol. The molecule has 0 N–H and O–H groups in total. The molecule has 1 aliphatic rings. The standard InChI is InChI=1S/C26H27N2OP/c1-18(2)10-11-19(3)20-12-13-23(25(30)15-20)26(29)28-17-22-8-6-14-27(22)16-21-7-4-5-9-24(21)28/h4-15,19H,1,16-17,30H2,2-3H3/b11-10-. The van der Waals surface area contributed by atoms with Crippen LogP contribution in [0.3, 0.4) is 0 Å². The van der Waals surface area contributed by atoms with Gasteiger partial charge in [0.05, 0.1) is 6.54 Å². The molecule has 2 unspecified atom stereocenters. The zero-order valence-corrected chi connectivity index (χ0v) is 18.7. The number of rotatable bonds is 4. The maximum atomic E-state index is 13.6. The Morgan fingerprint density at radius 1 is 1.13 bits per heavy atom. The van der Waals surface area contributed by atoms with Crippen LogP contribution >= 0.6 is 9.24 Å². The second kappa shape index (κ2) is 8.45. The van der Waals surface area contributed by atoms with Crippen LogP contribution in [0, 0.1) is 0 Å². The SMILES string of the molecule is C=C(C)/C=C\C(C)c1ccc(C(=O)N2Cc3cccn3Cc3ccccc32)c(P)c1. The van der Waals surface area contributed by atoms with Gasteiger partial charge in [-0.15, -0.1) is 9.24 Å². The average Bonchev–Trinajstić information content (AvgIpc) is 3.10. The lowest BCUT2D eigenvalue weighted by Crippen LogP contribution is -2.33. The Morgan fingerprint density at radius 3 is 2.70 bits per heavy atom. The summed E-state index contributed by atoms with van der Waals surface area (Å²) in [6.07, 6.45) is 6.26. The summed E-state index contributed by atoms with van der Waals surface area (Å²) in [5, 5.41) is 0.921. The van der Waals surface area contributed by atoms with Gasteiger partial charge in [0.2, 0.25) is 0 Å². The van der Waals surface area contributed by atoms with Gasteiger partial charge in [-0.25, -0.2) is 0 Å². The first-order chi connectivity index (χ1) is 14.4. The first-order valence-electron chi connectivity index (χ1n) is 10.2. The molecule has 4 rings (SSSR count). The Labute approximate surface area is 180 Å². The van der Waals surface area contributed by atoms with Crippen molar-refractivity contribution in [3.8, 4) is 0 Å². The molecular weight excluding hydrogens is 387 g/mol. The maximum Gasteiger partial charge on any atom is 0.259 e. The Morgan fingerprint density at radius 2 is 1.93 bits per heavy atom. The fraction of sp³-hybridized carbons (Fsp3) is 0.192. The number of aromatic nitrogens is 1. The third kappa shape index (κ3) is 4.04. The second-order valence-electron chi connectivity index (χ2n) is 7.99. The van der Waals surface area contributed by atoms with Gasteiger partial charge < -0.3 is 9.47 Å². The van der Waals surface area contributed by atoms with E-state index in [4.69, 9.17) is 0 Å². The van der Waals surface area contributed by atoms with Crippen molar-refractivity contribution in [3.05, 3.63) is 107 Å². The molecule has 0 fully saturated rings. The van der Waals surface area contributed by atoms with E-state index in [1.807, 2.05) is 48.2 Å². The average molecular weight is 414 g/mol. The Hall–Kier alpha value is -2.90. The molecule has 0 radical (unpaired) electrons. The number of carbonyl (C=O) groups is 1. The number of nitrogens with zero attached hydrogens (tertiary/aromatic N) is 2. The van der Waals surface area contributed by atoms with Gasteiger partial charge in [-0.2, -0.15) is 0 Å².